The Bertz CT molecular complexity index is 717. The molecule has 148 valence electrons. The SMILES string of the molecule is CN=C(NCCc1cccs1)NCC(c1ccc(OC)c(OC)c1)N(C)C. The molecular weight excluding hydrogens is 360 g/mol. The largest absolute Gasteiger partial charge is 0.493 e. The van der Waals surface area contributed by atoms with Crippen LogP contribution in [0.15, 0.2) is 40.7 Å². The predicted molar refractivity (Wildman–Crippen MR) is 113 cm³/mol. The molecule has 2 N–H and O–H groups in total. The third-order valence-electron chi connectivity index (χ3n) is 4.35. The number of hydrogen-bond acceptors (Lipinski definition) is 5. The first kappa shape index (κ1) is 21.1. The fourth-order valence-corrected chi connectivity index (χ4v) is 3.54. The first-order valence-corrected chi connectivity index (χ1v) is 9.82. The highest BCUT2D eigenvalue weighted by atomic mass is 32.1. The molecule has 0 fully saturated rings. The van der Waals surface area contributed by atoms with E-state index >= 15 is 0 Å². The second kappa shape index (κ2) is 10.8. The van der Waals surface area contributed by atoms with Gasteiger partial charge < -0.3 is 25.0 Å². The van der Waals surface area contributed by atoms with Gasteiger partial charge in [0.25, 0.3) is 0 Å². The maximum absolute atomic E-state index is 5.44. The Labute approximate surface area is 166 Å². The van der Waals surface area contributed by atoms with Crippen molar-refractivity contribution in [1.82, 2.24) is 15.5 Å². The van der Waals surface area contributed by atoms with Gasteiger partial charge in [-0.05, 0) is 49.7 Å². The molecular formula is C20H30N4O2S. The van der Waals surface area contributed by atoms with Crippen molar-refractivity contribution < 1.29 is 9.47 Å². The van der Waals surface area contributed by atoms with Crippen LogP contribution >= 0.6 is 11.3 Å². The van der Waals surface area contributed by atoms with E-state index in [1.807, 2.05) is 12.1 Å². The van der Waals surface area contributed by atoms with Crippen LogP contribution in [-0.2, 0) is 6.42 Å². The van der Waals surface area contributed by atoms with Crippen molar-refractivity contribution in [2.75, 3.05) is 48.5 Å². The summed E-state index contributed by atoms with van der Waals surface area (Å²) in [7, 11) is 9.23. The predicted octanol–water partition coefficient (Wildman–Crippen LogP) is 2.78. The Balaban J connectivity index is 1.96. The van der Waals surface area contributed by atoms with Gasteiger partial charge >= 0.3 is 0 Å². The monoisotopic (exact) mass is 390 g/mol. The first-order valence-electron chi connectivity index (χ1n) is 8.94. The molecule has 1 atom stereocenters. The molecule has 0 aliphatic carbocycles. The van der Waals surface area contributed by atoms with Crippen LogP contribution in [0, 0.1) is 0 Å². The molecule has 2 aromatic rings. The summed E-state index contributed by atoms with van der Waals surface area (Å²) in [6.45, 7) is 1.57. The van der Waals surface area contributed by atoms with Crippen LogP contribution in [0.4, 0.5) is 0 Å². The summed E-state index contributed by atoms with van der Waals surface area (Å²) >= 11 is 1.78. The molecule has 1 unspecified atom stereocenters. The van der Waals surface area contributed by atoms with Gasteiger partial charge in [0.1, 0.15) is 0 Å². The van der Waals surface area contributed by atoms with Gasteiger partial charge in [-0.1, -0.05) is 12.1 Å². The maximum atomic E-state index is 5.44. The number of rotatable bonds is 9. The molecule has 0 bridgehead atoms. The molecule has 0 aliphatic heterocycles. The third-order valence-corrected chi connectivity index (χ3v) is 5.28. The molecule has 0 spiro atoms. The number of methoxy groups -OCH3 is 2. The normalized spacial score (nSPS) is 12.7. The number of aliphatic imine (C=N–C) groups is 1. The molecule has 6 nitrogen and oxygen atoms in total. The minimum Gasteiger partial charge on any atom is -0.493 e. The molecule has 2 rings (SSSR count). The Morgan fingerprint density at radius 1 is 1.15 bits per heavy atom. The van der Waals surface area contributed by atoms with Crippen LogP contribution < -0.4 is 20.1 Å². The zero-order chi connectivity index (χ0) is 19.6. The molecule has 0 radical (unpaired) electrons. The fourth-order valence-electron chi connectivity index (χ4n) is 2.83. The lowest BCUT2D eigenvalue weighted by atomic mass is 10.1. The molecule has 1 aromatic carbocycles. The number of ether oxygens (including phenoxy) is 2. The topological polar surface area (TPSA) is 58.1 Å². The number of guanidine groups is 1. The number of nitrogens with zero attached hydrogens (tertiary/aromatic N) is 2. The minimum atomic E-state index is 0.167. The van der Waals surface area contributed by atoms with Crippen LogP contribution in [0.1, 0.15) is 16.5 Å². The number of hydrogen-bond donors (Lipinski definition) is 2. The summed E-state index contributed by atoms with van der Waals surface area (Å²) in [6.07, 6.45) is 0.991. The van der Waals surface area contributed by atoms with Gasteiger partial charge in [0.2, 0.25) is 0 Å². The van der Waals surface area contributed by atoms with Crippen molar-refractivity contribution in [2.45, 2.75) is 12.5 Å². The lowest BCUT2D eigenvalue weighted by Crippen LogP contribution is -2.42. The highest BCUT2D eigenvalue weighted by Gasteiger charge is 2.17. The van der Waals surface area contributed by atoms with Crippen molar-refractivity contribution in [2.24, 2.45) is 4.99 Å². The Kier molecular flexibility index (Phi) is 8.42. The summed E-state index contributed by atoms with van der Waals surface area (Å²) < 4.78 is 10.8. The van der Waals surface area contributed by atoms with Crippen LogP contribution in [0.25, 0.3) is 0 Å². The van der Waals surface area contributed by atoms with Gasteiger partial charge in [-0.3, -0.25) is 4.99 Å². The van der Waals surface area contributed by atoms with Gasteiger partial charge in [-0.25, -0.2) is 0 Å². The average molecular weight is 391 g/mol. The van der Waals surface area contributed by atoms with Crippen LogP contribution in [-0.4, -0.2) is 59.3 Å². The van der Waals surface area contributed by atoms with E-state index in [0.717, 1.165) is 42.5 Å². The Morgan fingerprint density at radius 3 is 2.52 bits per heavy atom. The number of likely N-dealkylation sites (N-methyl/N-ethyl adjacent to an activating group) is 1. The Hall–Kier alpha value is -2.25. The van der Waals surface area contributed by atoms with Crippen LogP contribution in [0.2, 0.25) is 0 Å². The van der Waals surface area contributed by atoms with E-state index in [4.69, 9.17) is 9.47 Å². The summed E-state index contributed by atoms with van der Waals surface area (Å²) in [5, 5.41) is 8.91. The van der Waals surface area contributed by atoms with E-state index in [1.165, 1.54) is 4.88 Å². The highest BCUT2D eigenvalue weighted by Crippen LogP contribution is 2.31. The van der Waals surface area contributed by atoms with E-state index in [2.05, 4.69) is 58.2 Å². The summed E-state index contributed by atoms with van der Waals surface area (Å²) in [4.78, 5) is 7.87. The van der Waals surface area contributed by atoms with Gasteiger partial charge in [0.05, 0.1) is 20.3 Å². The highest BCUT2D eigenvalue weighted by molar-refractivity contribution is 7.09. The molecule has 7 heteroatoms. The summed E-state index contributed by atoms with van der Waals surface area (Å²) in [5.74, 6) is 2.27. The zero-order valence-electron chi connectivity index (χ0n) is 16.8. The van der Waals surface area contributed by atoms with Crippen molar-refractivity contribution in [1.29, 1.82) is 0 Å². The molecule has 0 amide bonds. The van der Waals surface area contributed by atoms with E-state index < -0.39 is 0 Å². The first-order chi connectivity index (χ1) is 13.1. The lowest BCUT2D eigenvalue weighted by molar-refractivity contribution is 0.295. The van der Waals surface area contributed by atoms with E-state index in [1.54, 1.807) is 32.6 Å². The molecule has 0 saturated heterocycles. The second-order valence-corrected chi connectivity index (χ2v) is 7.34. The van der Waals surface area contributed by atoms with Gasteiger partial charge in [-0.2, -0.15) is 0 Å². The van der Waals surface area contributed by atoms with Crippen molar-refractivity contribution in [3.63, 3.8) is 0 Å². The quantitative estimate of drug-likeness (QED) is 0.509. The Morgan fingerprint density at radius 2 is 1.93 bits per heavy atom. The van der Waals surface area contributed by atoms with Crippen molar-refractivity contribution in [3.8, 4) is 11.5 Å². The molecule has 0 saturated carbocycles. The maximum Gasteiger partial charge on any atom is 0.191 e. The average Bonchev–Trinajstić information content (AvgIpc) is 3.19. The summed E-state index contributed by atoms with van der Waals surface area (Å²) in [5.41, 5.74) is 1.15. The fraction of sp³-hybridized carbons (Fsp3) is 0.450. The van der Waals surface area contributed by atoms with Crippen molar-refractivity contribution in [3.05, 3.63) is 46.2 Å². The van der Waals surface area contributed by atoms with E-state index in [9.17, 15) is 0 Å². The number of nitrogens with one attached hydrogen (secondary N) is 2. The molecule has 1 heterocycles. The standard InChI is InChI=1S/C20H30N4O2S/c1-21-20(22-11-10-16-7-6-12-27-16)23-14-17(24(2)3)15-8-9-18(25-4)19(13-15)26-5/h6-9,12-13,17H,10-11,14H2,1-5H3,(H2,21,22,23). The van der Waals surface area contributed by atoms with Gasteiger partial charge in [-0.15, -0.1) is 11.3 Å². The van der Waals surface area contributed by atoms with Crippen LogP contribution in [0.5, 0.6) is 11.5 Å². The zero-order valence-corrected chi connectivity index (χ0v) is 17.6. The molecule has 0 aliphatic rings. The summed E-state index contributed by atoms with van der Waals surface area (Å²) in [6, 6.07) is 10.4. The lowest BCUT2D eigenvalue weighted by Gasteiger charge is -2.26. The van der Waals surface area contributed by atoms with Crippen LogP contribution in [0.3, 0.4) is 0 Å². The third kappa shape index (κ3) is 6.15. The molecule has 1 aromatic heterocycles. The number of thiophene rings is 1. The second-order valence-electron chi connectivity index (χ2n) is 6.30. The van der Waals surface area contributed by atoms with Gasteiger partial charge in [0, 0.05) is 25.0 Å². The number of benzene rings is 1. The smallest absolute Gasteiger partial charge is 0.191 e. The minimum absolute atomic E-state index is 0.167. The molecule has 27 heavy (non-hydrogen) atoms. The van der Waals surface area contributed by atoms with E-state index in [-0.39, 0.29) is 6.04 Å². The van der Waals surface area contributed by atoms with E-state index in [0.29, 0.717) is 0 Å². The van der Waals surface area contributed by atoms with Crippen molar-refractivity contribution >= 4 is 17.3 Å². The van der Waals surface area contributed by atoms with Gasteiger partial charge in [0.15, 0.2) is 17.5 Å².